The summed E-state index contributed by atoms with van der Waals surface area (Å²) in [5.41, 5.74) is 1.36. The van der Waals surface area contributed by atoms with E-state index in [4.69, 9.17) is 11.6 Å². The predicted octanol–water partition coefficient (Wildman–Crippen LogP) is 2.49. The monoisotopic (exact) mass is 265 g/mol. The molecule has 1 aliphatic carbocycles. The number of carboxylic acid groups (broad SMARTS) is 1. The third-order valence-electron chi connectivity index (χ3n) is 4.22. The molecule has 96 valence electrons. The van der Waals surface area contributed by atoms with E-state index in [1.807, 2.05) is 18.2 Å². The zero-order valence-electron chi connectivity index (χ0n) is 10.3. The van der Waals surface area contributed by atoms with Crippen LogP contribution in [0.4, 0.5) is 0 Å². The van der Waals surface area contributed by atoms with Crippen molar-refractivity contribution in [2.75, 3.05) is 20.1 Å². The lowest BCUT2D eigenvalue weighted by atomic mass is 9.88. The SMILES string of the molecule is CN1CC(c2ccc(C3(C(=O)O)CC3)cc2Cl)C1. The molecule has 0 bridgehead atoms. The van der Waals surface area contributed by atoms with E-state index in [0.29, 0.717) is 5.92 Å². The van der Waals surface area contributed by atoms with E-state index in [0.717, 1.165) is 42.1 Å². The van der Waals surface area contributed by atoms with Crippen LogP contribution >= 0.6 is 11.6 Å². The highest BCUT2D eigenvalue weighted by Crippen LogP contribution is 2.49. The van der Waals surface area contributed by atoms with Gasteiger partial charge < -0.3 is 10.0 Å². The van der Waals surface area contributed by atoms with Gasteiger partial charge in [-0.05, 0) is 37.1 Å². The third kappa shape index (κ3) is 1.73. The van der Waals surface area contributed by atoms with Gasteiger partial charge in [0.2, 0.25) is 0 Å². The van der Waals surface area contributed by atoms with Crippen LogP contribution in [-0.4, -0.2) is 36.1 Å². The van der Waals surface area contributed by atoms with Crippen LogP contribution in [0.15, 0.2) is 18.2 Å². The summed E-state index contributed by atoms with van der Waals surface area (Å²) in [4.78, 5) is 13.5. The number of carboxylic acids is 1. The molecule has 3 nitrogen and oxygen atoms in total. The van der Waals surface area contributed by atoms with Crippen molar-refractivity contribution in [1.29, 1.82) is 0 Å². The first-order chi connectivity index (χ1) is 8.53. The third-order valence-corrected chi connectivity index (χ3v) is 4.54. The molecule has 3 rings (SSSR count). The molecular formula is C14H16ClNO2. The molecule has 4 heteroatoms. The van der Waals surface area contributed by atoms with E-state index in [9.17, 15) is 9.90 Å². The average Bonchev–Trinajstić information content (AvgIpc) is 3.06. The van der Waals surface area contributed by atoms with Crippen molar-refractivity contribution in [3.05, 3.63) is 34.3 Å². The minimum absolute atomic E-state index is 0.497. The number of likely N-dealkylation sites (tertiary alicyclic amines) is 1. The van der Waals surface area contributed by atoms with Crippen LogP contribution in [0.2, 0.25) is 5.02 Å². The Bertz CT molecular complexity index is 505. The van der Waals surface area contributed by atoms with E-state index >= 15 is 0 Å². The van der Waals surface area contributed by atoms with E-state index in [2.05, 4.69) is 11.9 Å². The largest absolute Gasteiger partial charge is 0.481 e. The quantitative estimate of drug-likeness (QED) is 0.913. The molecule has 1 saturated heterocycles. The van der Waals surface area contributed by atoms with Gasteiger partial charge in [-0.1, -0.05) is 23.7 Å². The number of hydrogen-bond donors (Lipinski definition) is 1. The number of hydrogen-bond acceptors (Lipinski definition) is 2. The summed E-state index contributed by atoms with van der Waals surface area (Å²) < 4.78 is 0. The lowest BCUT2D eigenvalue weighted by Gasteiger charge is -2.37. The molecule has 1 aromatic rings. The first kappa shape index (κ1) is 12.0. The maximum absolute atomic E-state index is 11.3. The minimum atomic E-state index is -0.727. The van der Waals surface area contributed by atoms with Crippen molar-refractivity contribution in [2.45, 2.75) is 24.2 Å². The smallest absolute Gasteiger partial charge is 0.314 e. The van der Waals surface area contributed by atoms with Crippen LogP contribution in [0.5, 0.6) is 0 Å². The molecule has 0 aromatic heterocycles. The Balaban J connectivity index is 1.88. The van der Waals surface area contributed by atoms with Gasteiger partial charge in [0.1, 0.15) is 0 Å². The second-order valence-electron chi connectivity index (χ2n) is 5.54. The van der Waals surface area contributed by atoms with Crippen LogP contribution in [0.3, 0.4) is 0 Å². The summed E-state index contributed by atoms with van der Waals surface area (Å²) in [7, 11) is 2.09. The summed E-state index contributed by atoms with van der Waals surface area (Å²) in [6.07, 6.45) is 1.45. The van der Waals surface area contributed by atoms with Crippen molar-refractivity contribution in [3.8, 4) is 0 Å². The Morgan fingerprint density at radius 2 is 2.11 bits per heavy atom. The van der Waals surface area contributed by atoms with Crippen LogP contribution in [0, 0.1) is 0 Å². The van der Waals surface area contributed by atoms with Crippen LogP contribution in [-0.2, 0) is 10.2 Å². The number of aliphatic carboxylic acids is 1. The highest BCUT2D eigenvalue weighted by Gasteiger charge is 2.51. The van der Waals surface area contributed by atoms with Gasteiger partial charge >= 0.3 is 5.97 Å². The number of benzene rings is 1. The number of nitrogens with zero attached hydrogens (tertiary/aromatic N) is 1. The Labute approximate surface area is 111 Å². The molecule has 1 aliphatic heterocycles. The highest BCUT2D eigenvalue weighted by molar-refractivity contribution is 6.31. The molecule has 0 spiro atoms. The first-order valence-electron chi connectivity index (χ1n) is 6.25. The zero-order valence-corrected chi connectivity index (χ0v) is 11.1. The van der Waals surface area contributed by atoms with Crippen molar-refractivity contribution in [3.63, 3.8) is 0 Å². The van der Waals surface area contributed by atoms with Gasteiger partial charge in [0, 0.05) is 24.0 Å². The highest BCUT2D eigenvalue weighted by atomic mass is 35.5. The fourth-order valence-electron chi connectivity index (χ4n) is 2.80. The van der Waals surface area contributed by atoms with Crippen LogP contribution in [0.25, 0.3) is 0 Å². The molecule has 0 amide bonds. The standard InChI is InChI=1S/C14H16ClNO2/c1-16-7-9(8-16)11-3-2-10(6-12(11)15)14(4-5-14)13(17)18/h2-3,6,9H,4-5,7-8H2,1H3,(H,17,18). The lowest BCUT2D eigenvalue weighted by molar-refractivity contribution is -0.140. The van der Waals surface area contributed by atoms with Crippen molar-refractivity contribution < 1.29 is 9.90 Å². The van der Waals surface area contributed by atoms with E-state index in [-0.39, 0.29) is 0 Å². The topological polar surface area (TPSA) is 40.5 Å². The summed E-state index contributed by atoms with van der Waals surface area (Å²) in [5, 5.41) is 9.99. The number of carbonyl (C=O) groups is 1. The van der Waals surface area contributed by atoms with Gasteiger partial charge in [0.05, 0.1) is 5.41 Å². The van der Waals surface area contributed by atoms with Crippen molar-refractivity contribution in [1.82, 2.24) is 4.90 Å². The van der Waals surface area contributed by atoms with Gasteiger partial charge in [-0.25, -0.2) is 0 Å². The second kappa shape index (κ2) is 3.97. The molecule has 18 heavy (non-hydrogen) atoms. The normalized spacial score (nSPS) is 22.6. The molecular weight excluding hydrogens is 250 g/mol. The molecule has 1 N–H and O–H groups in total. The van der Waals surface area contributed by atoms with Gasteiger partial charge in [0.25, 0.3) is 0 Å². The summed E-state index contributed by atoms with van der Waals surface area (Å²) >= 11 is 6.31. The number of likely N-dealkylation sites (N-methyl/N-ethyl adjacent to an activating group) is 1. The Morgan fingerprint density at radius 3 is 2.56 bits per heavy atom. The molecule has 2 fully saturated rings. The molecule has 1 heterocycles. The van der Waals surface area contributed by atoms with Crippen LogP contribution in [0.1, 0.15) is 29.9 Å². The summed E-state index contributed by atoms with van der Waals surface area (Å²) in [6, 6.07) is 5.81. The Morgan fingerprint density at radius 1 is 1.44 bits per heavy atom. The molecule has 0 radical (unpaired) electrons. The second-order valence-corrected chi connectivity index (χ2v) is 5.95. The fourth-order valence-corrected chi connectivity index (χ4v) is 3.14. The van der Waals surface area contributed by atoms with Crippen LogP contribution < -0.4 is 0 Å². The maximum Gasteiger partial charge on any atom is 0.314 e. The number of halogens is 1. The predicted molar refractivity (Wildman–Crippen MR) is 70.2 cm³/mol. The minimum Gasteiger partial charge on any atom is -0.481 e. The molecule has 2 aliphatic rings. The zero-order chi connectivity index (χ0) is 12.9. The Kier molecular flexibility index (Phi) is 2.65. The molecule has 0 atom stereocenters. The summed E-state index contributed by atoms with van der Waals surface area (Å²) in [6.45, 7) is 2.06. The van der Waals surface area contributed by atoms with Gasteiger partial charge in [-0.2, -0.15) is 0 Å². The maximum atomic E-state index is 11.3. The Hall–Kier alpha value is -1.06. The average molecular weight is 266 g/mol. The number of rotatable bonds is 3. The first-order valence-corrected chi connectivity index (χ1v) is 6.62. The lowest BCUT2D eigenvalue weighted by Crippen LogP contribution is -2.41. The molecule has 0 unspecified atom stereocenters. The van der Waals surface area contributed by atoms with Crippen molar-refractivity contribution in [2.24, 2.45) is 0 Å². The molecule has 1 saturated carbocycles. The van der Waals surface area contributed by atoms with Gasteiger partial charge in [0.15, 0.2) is 0 Å². The molecule has 1 aromatic carbocycles. The van der Waals surface area contributed by atoms with Gasteiger partial charge in [-0.15, -0.1) is 0 Å². The van der Waals surface area contributed by atoms with E-state index in [1.54, 1.807) is 0 Å². The van der Waals surface area contributed by atoms with Gasteiger partial charge in [-0.3, -0.25) is 4.79 Å². The fraction of sp³-hybridized carbons (Fsp3) is 0.500. The van der Waals surface area contributed by atoms with Crippen molar-refractivity contribution >= 4 is 17.6 Å². The van der Waals surface area contributed by atoms with E-state index < -0.39 is 11.4 Å². The van der Waals surface area contributed by atoms with E-state index in [1.165, 1.54) is 0 Å². The summed E-state index contributed by atoms with van der Waals surface area (Å²) in [5.74, 6) is -0.230.